The van der Waals surface area contributed by atoms with E-state index in [1.165, 1.54) is 7.11 Å². The fourth-order valence-electron chi connectivity index (χ4n) is 1.98. The molecule has 0 saturated carbocycles. The van der Waals surface area contributed by atoms with Crippen LogP contribution >= 0.6 is 0 Å². The van der Waals surface area contributed by atoms with E-state index in [9.17, 15) is 14.7 Å². The Labute approximate surface area is 104 Å². The Morgan fingerprint density at radius 2 is 2.06 bits per heavy atom. The molecule has 0 bridgehead atoms. The lowest BCUT2D eigenvalue weighted by Gasteiger charge is -2.38. The van der Waals surface area contributed by atoms with Crippen LogP contribution in [0.1, 0.15) is 6.42 Å². The molecule has 0 aromatic heterocycles. The molecule has 1 heterocycles. The number of piperidine rings is 1. The number of β-amino-alcohol motifs (C(OH)–C–C–N with tert-alkyl or cyclic N) is 1. The number of carboxylic acid groups (broad SMARTS) is 2. The minimum Gasteiger partial charge on any atom is -0.481 e. The third-order valence-electron chi connectivity index (χ3n) is 2.89. The lowest BCUT2D eigenvalue weighted by atomic mass is 9.89. The van der Waals surface area contributed by atoms with Crippen LogP contribution in [-0.2, 0) is 14.3 Å². The number of carbonyl (C=O) groups is 2. The third-order valence-corrected chi connectivity index (χ3v) is 2.89. The first-order valence-corrected chi connectivity index (χ1v) is 5.44. The van der Waals surface area contributed by atoms with E-state index in [1.807, 2.05) is 0 Å². The monoisotopic (exact) mass is 263 g/mol. The molecule has 0 aromatic rings. The molecule has 2 unspecified atom stereocenters. The van der Waals surface area contributed by atoms with Crippen LogP contribution in [-0.4, -0.2) is 71.5 Å². The van der Waals surface area contributed by atoms with E-state index < -0.39 is 30.1 Å². The molecule has 104 valence electrons. The molecule has 0 spiro atoms. The summed E-state index contributed by atoms with van der Waals surface area (Å²) >= 11 is 0. The zero-order valence-corrected chi connectivity index (χ0v) is 9.98. The molecule has 1 amide bonds. The van der Waals surface area contributed by atoms with E-state index >= 15 is 0 Å². The highest BCUT2D eigenvalue weighted by atomic mass is 16.7. The van der Waals surface area contributed by atoms with Crippen molar-refractivity contribution in [1.29, 1.82) is 0 Å². The van der Waals surface area contributed by atoms with Crippen molar-refractivity contribution in [1.82, 2.24) is 4.90 Å². The van der Waals surface area contributed by atoms with E-state index in [1.54, 1.807) is 0 Å². The minimum absolute atomic E-state index is 0.00422. The normalized spacial score (nSPS) is 28.1. The largest absolute Gasteiger partial charge is 0.481 e. The third kappa shape index (κ3) is 3.56. The Balaban J connectivity index is 2.67. The summed E-state index contributed by atoms with van der Waals surface area (Å²) in [5, 5.41) is 27.5. The van der Waals surface area contributed by atoms with Crippen LogP contribution in [0.15, 0.2) is 0 Å². The van der Waals surface area contributed by atoms with Crippen LogP contribution in [0, 0.1) is 5.92 Å². The van der Waals surface area contributed by atoms with Gasteiger partial charge in [0, 0.05) is 7.11 Å². The summed E-state index contributed by atoms with van der Waals surface area (Å²) < 4.78 is 9.73. The zero-order valence-electron chi connectivity index (χ0n) is 9.98. The summed E-state index contributed by atoms with van der Waals surface area (Å²) in [5.74, 6) is -2.11. The van der Waals surface area contributed by atoms with Crippen LogP contribution in [0.2, 0.25) is 0 Å². The van der Waals surface area contributed by atoms with Gasteiger partial charge in [0.2, 0.25) is 0 Å². The van der Waals surface area contributed by atoms with E-state index in [-0.39, 0.29) is 26.4 Å². The summed E-state index contributed by atoms with van der Waals surface area (Å²) in [7, 11) is 1.43. The predicted molar refractivity (Wildman–Crippen MR) is 58.1 cm³/mol. The fraction of sp³-hybridized carbons (Fsp3) is 0.800. The van der Waals surface area contributed by atoms with Crippen molar-refractivity contribution in [3.05, 3.63) is 0 Å². The van der Waals surface area contributed by atoms with Crippen molar-refractivity contribution < 1.29 is 34.4 Å². The van der Waals surface area contributed by atoms with E-state index in [4.69, 9.17) is 14.9 Å². The van der Waals surface area contributed by atoms with Crippen LogP contribution in [0.5, 0.6) is 0 Å². The number of ether oxygens (including phenoxy) is 2. The van der Waals surface area contributed by atoms with Crippen molar-refractivity contribution in [2.75, 3.05) is 27.1 Å². The second kappa shape index (κ2) is 6.53. The first kappa shape index (κ1) is 14.7. The average molecular weight is 263 g/mol. The average Bonchev–Trinajstić information content (AvgIpc) is 2.30. The van der Waals surface area contributed by atoms with Gasteiger partial charge in [0.1, 0.15) is 6.79 Å². The van der Waals surface area contributed by atoms with Crippen LogP contribution < -0.4 is 0 Å². The SMILES string of the molecule is COCOC[C@H]1CC(C(=O)O)C(O)CN1C(=O)O. The van der Waals surface area contributed by atoms with E-state index in [2.05, 4.69) is 4.74 Å². The van der Waals surface area contributed by atoms with Gasteiger partial charge in [-0.2, -0.15) is 0 Å². The van der Waals surface area contributed by atoms with Gasteiger partial charge in [0.15, 0.2) is 0 Å². The van der Waals surface area contributed by atoms with E-state index in [0.29, 0.717) is 0 Å². The molecule has 3 atom stereocenters. The van der Waals surface area contributed by atoms with Gasteiger partial charge in [-0.1, -0.05) is 0 Å². The molecule has 18 heavy (non-hydrogen) atoms. The number of aliphatic hydroxyl groups excluding tert-OH is 1. The molecule has 1 aliphatic heterocycles. The number of nitrogens with zero attached hydrogens (tertiary/aromatic N) is 1. The van der Waals surface area contributed by atoms with Gasteiger partial charge in [0.05, 0.1) is 31.2 Å². The Bertz CT molecular complexity index is 309. The maximum atomic E-state index is 11.0. The number of hydrogen-bond donors (Lipinski definition) is 3. The van der Waals surface area contributed by atoms with Crippen LogP contribution in [0.4, 0.5) is 4.79 Å². The number of methoxy groups -OCH3 is 1. The highest BCUT2D eigenvalue weighted by molar-refractivity contribution is 5.72. The molecule has 0 aliphatic carbocycles. The second-order valence-electron chi connectivity index (χ2n) is 4.11. The van der Waals surface area contributed by atoms with Gasteiger partial charge < -0.3 is 29.7 Å². The fourth-order valence-corrected chi connectivity index (χ4v) is 1.98. The van der Waals surface area contributed by atoms with Gasteiger partial charge in [-0.25, -0.2) is 4.79 Å². The van der Waals surface area contributed by atoms with Gasteiger partial charge in [-0.15, -0.1) is 0 Å². The standard InChI is InChI=1S/C10H17NO7/c1-17-5-18-4-6-2-7(9(13)14)8(12)3-11(6)10(15)16/h6-8,12H,2-5H2,1H3,(H,13,14)(H,15,16)/t6-,7?,8?/m1/s1. The van der Waals surface area contributed by atoms with Crippen molar-refractivity contribution >= 4 is 12.1 Å². The second-order valence-corrected chi connectivity index (χ2v) is 4.11. The molecule has 8 nitrogen and oxygen atoms in total. The summed E-state index contributed by atoms with van der Waals surface area (Å²) in [5.41, 5.74) is 0. The Kier molecular flexibility index (Phi) is 5.32. The summed E-state index contributed by atoms with van der Waals surface area (Å²) in [4.78, 5) is 22.9. The van der Waals surface area contributed by atoms with Gasteiger partial charge >= 0.3 is 12.1 Å². The number of aliphatic carboxylic acids is 1. The lowest BCUT2D eigenvalue weighted by Crippen LogP contribution is -2.55. The number of amides is 1. The number of rotatable bonds is 5. The van der Waals surface area contributed by atoms with Crippen molar-refractivity contribution in [3.8, 4) is 0 Å². The Hall–Kier alpha value is -1.38. The lowest BCUT2D eigenvalue weighted by molar-refractivity contribution is -0.151. The van der Waals surface area contributed by atoms with Gasteiger partial charge in [0.25, 0.3) is 0 Å². The molecule has 3 N–H and O–H groups in total. The van der Waals surface area contributed by atoms with Crippen LogP contribution in [0.25, 0.3) is 0 Å². The van der Waals surface area contributed by atoms with E-state index in [0.717, 1.165) is 4.90 Å². The maximum Gasteiger partial charge on any atom is 0.407 e. The summed E-state index contributed by atoms with van der Waals surface area (Å²) in [6.07, 6.45) is -2.38. The number of hydrogen-bond acceptors (Lipinski definition) is 5. The minimum atomic E-state index is -1.20. The highest BCUT2D eigenvalue weighted by Crippen LogP contribution is 2.24. The number of carboxylic acids is 1. The molecule has 8 heteroatoms. The summed E-state index contributed by atoms with van der Waals surface area (Å²) in [6.45, 7) is -0.186. The van der Waals surface area contributed by atoms with Crippen molar-refractivity contribution in [3.63, 3.8) is 0 Å². The molecular formula is C10H17NO7. The predicted octanol–water partition coefficient (Wildman–Crippen LogP) is -0.579. The molecule has 1 aliphatic rings. The Morgan fingerprint density at radius 3 is 2.56 bits per heavy atom. The molecule has 0 aromatic carbocycles. The first-order chi connectivity index (χ1) is 8.47. The van der Waals surface area contributed by atoms with Crippen molar-refractivity contribution in [2.45, 2.75) is 18.6 Å². The molecule has 1 fully saturated rings. The topological polar surface area (TPSA) is 117 Å². The summed E-state index contributed by atoms with van der Waals surface area (Å²) in [6, 6.07) is -0.595. The quantitative estimate of drug-likeness (QED) is 0.449. The van der Waals surface area contributed by atoms with Crippen LogP contribution in [0.3, 0.4) is 0 Å². The molecule has 1 rings (SSSR count). The smallest absolute Gasteiger partial charge is 0.407 e. The molecular weight excluding hydrogens is 246 g/mol. The first-order valence-electron chi connectivity index (χ1n) is 5.44. The Morgan fingerprint density at radius 1 is 1.39 bits per heavy atom. The van der Waals surface area contributed by atoms with Gasteiger partial charge in [-0.3, -0.25) is 4.79 Å². The highest BCUT2D eigenvalue weighted by Gasteiger charge is 2.40. The maximum absolute atomic E-state index is 11.0. The van der Waals surface area contributed by atoms with Gasteiger partial charge in [-0.05, 0) is 6.42 Å². The number of aliphatic hydroxyl groups is 1. The zero-order chi connectivity index (χ0) is 13.7. The van der Waals surface area contributed by atoms with Crippen molar-refractivity contribution in [2.24, 2.45) is 5.92 Å². The molecule has 1 saturated heterocycles. The molecule has 0 radical (unpaired) electrons. The number of likely N-dealkylation sites (tertiary alicyclic amines) is 1.